The minimum Gasteiger partial charge on any atom is -0.385 e. The van der Waals surface area contributed by atoms with Gasteiger partial charge in [-0.1, -0.05) is 12.1 Å². The number of amides is 1. The number of nitrogens with two attached hydrogens (primary N) is 2. The number of rotatable bonds is 5. The van der Waals surface area contributed by atoms with Crippen LogP contribution in [-0.2, 0) is 4.79 Å². The Morgan fingerprint density at radius 3 is 2.65 bits per heavy atom. The number of benzene rings is 1. The quantitative estimate of drug-likeness (QED) is 0.290. The van der Waals surface area contributed by atoms with E-state index >= 15 is 0 Å². The van der Waals surface area contributed by atoms with Crippen LogP contribution in [0.2, 0.25) is 0 Å². The Kier molecular flexibility index (Phi) is 3.98. The third-order valence-corrected chi connectivity index (χ3v) is 1.78. The van der Waals surface area contributed by atoms with Gasteiger partial charge in [-0.05, 0) is 6.07 Å². The van der Waals surface area contributed by atoms with Gasteiger partial charge in [-0.15, -0.1) is 0 Å². The van der Waals surface area contributed by atoms with Crippen LogP contribution in [-0.4, -0.2) is 16.7 Å². The molecule has 1 amide bonds. The topological polar surface area (TPSA) is 137 Å². The van der Waals surface area contributed by atoms with Gasteiger partial charge in [0.15, 0.2) is 0 Å². The fraction of sp³-hybridized carbons (Fsp3) is 0.111. The Bertz CT molecular complexity index is 471. The van der Waals surface area contributed by atoms with Gasteiger partial charge >= 0.3 is 0 Å². The fourth-order valence-electron chi connectivity index (χ4n) is 1.08. The molecule has 0 aromatic heterocycles. The highest BCUT2D eigenvalue weighted by atomic mass is 16.6. The van der Waals surface area contributed by atoms with Crippen molar-refractivity contribution in [3.63, 3.8) is 0 Å². The monoisotopic (exact) mass is 237 g/mol. The molecule has 0 saturated heterocycles. The lowest BCUT2D eigenvalue weighted by atomic mass is 10.3. The van der Waals surface area contributed by atoms with Crippen LogP contribution in [0, 0.1) is 10.1 Å². The lowest BCUT2D eigenvalue weighted by Crippen LogP contribution is -2.23. The second kappa shape index (κ2) is 5.45. The van der Waals surface area contributed by atoms with Crippen LogP contribution in [0.15, 0.2) is 29.4 Å². The molecule has 0 heterocycles. The number of primary amides is 1. The molecule has 0 aliphatic heterocycles. The first-order chi connectivity index (χ1) is 8.00. The van der Waals surface area contributed by atoms with Crippen molar-refractivity contribution in [2.45, 2.75) is 6.42 Å². The van der Waals surface area contributed by atoms with Crippen LogP contribution in [0.1, 0.15) is 6.42 Å². The smallest absolute Gasteiger partial charge is 0.294 e. The standard InChI is InChI=1S/C9H11N5O3/c10-8(5-9(11)15)13-12-6-3-1-2-4-7(6)14(16)17/h1-4,12H,5H2,(H2,10,13)(H2,11,15). The number of carbonyl (C=O) groups is 1. The summed E-state index contributed by atoms with van der Waals surface area (Å²) in [6, 6.07) is 5.93. The number of para-hydroxylation sites is 2. The number of anilines is 1. The number of carbonyl (C=O) groups excluding carboxylic acids is 1. The Morgan fingerprint density at radius 1 is 1.41 bits per heavy atom. The lowest BCUT2D eigenvalue weighted by Gasteiger charge is -2.02. The number of amidine groups is 1. The summed E-state index contributed by atoms with van der Waals surface area (Å²) in [6.07, 6.45) is -0.215. The van der Waals surface area contributed by atoms with E-state index in [4.69, 9.17) is 11.5 Å². The highest BCUT2D eigenvalue weighted by Crippen LogP contribution is 2.22. The second-order valence-electron chi connectivity index (χ2n) is 3.13. The van der Waals surface area contributed by atoms with Crippen LogP contribution < -0.4 is 16.9 Å². The molecule has 0 bridgehead atoms. The third kappa shape index (κ3) is 3.78. The molecule has 1 aromatic rings. The lowest BCUT2D eigenvalue weighted by molar-refractivity contribution is -0.384. The summed E-state index contributed by atoms with van der Waals surface area (Å²) >= 11 is 0. The highest BCUT2D eigenvalue weighted by Gasteiger charge is 2.11. The van der Waals surface area contributed by atoms with Crippen molar-refractivity contribution >= 4 is 23.1 Å². The zero-order valence-electron chi connectivity index (χ0n) is 8.79. The van der Waals surface area contributed by atoms with E-state index in [0.717, 1.165) is 0 Å². The largest absolute Gasteiger partial charge is 0.385 e. The van der Waals surface area contributed by atoms with Gasteiger partial charge in [0.25, 0.3) is 5.69 Å². The van der Waals surface area contributed by atoms with Gasteiger partial charge in [-0.2, -0.15) is 5.10 Å². The molecule has 17 heavy (non-hydrogen) atoms. The van der Waals surface area contributed by atoms with Crippen LogP contribution in [0.25, 0.3) is 0 Å². The van der Waals surface area contributed by atoms with Crippen LogP contribution in [0.4, 0.5) is 11.4 Å². The summed E-state index contributed by atoms with van der Waals surface area (Å²) in [4.78, 5) is 20.6. The van der Waals surface area contributed by atoms with E-state index in [2.05, 4.69) is 10.5 Å². The average molecular weight is 237 g/mol. The zero-order valence-corrected chi connectivity index (χ0v) is 8.79. The molecule has 0 unspecified atom stereocenters. The van der Waals surface area contributed by atoms with Crippen molar-refractivity contribution in [3.05, 3.63) is 34.4 Å². The molecule has 0 aliphatic carbocycles. The van der Waals surface area contributed by atoms with Gasteiger partial charge in [-0.3, -0.25) is 20.3 Å². The summed E-state index contributed by atoms with van der Waals surface area (Å²) in [5.74, 6) is -0.675. The zero-order chi connectivity index (χ0) is 12.8. The van der Waals surface area contributed by atoms with Crippen molar-refractivity contribution < 1.29 is 9.72 Å². The van der Waals surface area contributed by atoms with Crippen LogP contribution in [0.5, 0.6) is 0 Å². The molecule has 0 saturated carbocycles. The van der Waals surface area contributed by atoms with Crippen molar-refractivity contribution in [2.24, 2.45) is 16.6 Å². The van der Waals surface area contributed by atoms with E-state index in [9.17, 15) is 14.9 Å². The number of nitrogens with zero attached hydrogens (tertiary/aromatic N) is 2. The maximum Gasteiger partial charge on any atom is 0.294 e. The third-order valence-electron chi connectivity index (χ3n) is 1.78. The van der Waals surface area contributed by atoms with Crippen LogP contribution in [0.3, 0.4) is 0 Å². The highest BCUT2D eigenvalue weighted by molar-refractivity contribution is 5.98. The van der Waals surface area contributed by atoms with Gasteiger partial charge in [-0.25, -0.2) is 0 Å². The van der Waals surface area contributed by atoms with E-state index in [1.54, 1.807) is 6.07 Å². The summed E-state index contributed by atoms with van der Waals surface area (Å²) in [6.45, 7) is 0. The summed E-state index contributed by atoms with van der Waals surface area (Å²) in [5.41, 5.74) is 12.7. The molecule has 0 fully saturated rings. The number of hydrogen-bond donors (Lipinski definition) is 3. The van der Waals surface area contributed by atoms with Gasteiger partial charge in [0.2, 0.25) is 5.91 Å². The predicted molar refractivity (Wildman–Crippen MR) is 62.2 cm³/mol. The SMILES string of the molecule is NC(=O)C/C(N)=N\Nc1ccccc1[N+](=O)[O-]. The molecule has 8 nitrogen and oxygen atoms in total. The van der Waals surface area contributed by atoms with Crippen molar-refractivity contribution in [1.82, 2.24) is 0 Å². The van der Waals surface area contributed by atoms with Crippen molar-refractivity contribution in [1.29, 1.82) is 0 Å². The Hall–Kier alpha value is -2.64. The first-order valence-electron chi connectivity index (χ1n) is 4.60. The number of hydrazone groups is 1. The summed E-state index contributed by atoms with van der Waals surface area (Å²) in [5, 5.41) is 14.3. The summed E-state index contributed by atoms with van der Waals surface area (Å²) < 4.78 is 0. The normalized spacial score (nSPS) is 10.9. The van der Waals surface area contributed by atoms with E-state index in [-0.39, 0.29) is 23.6 Å². The van der Waals surface area contributed by atoms with Crippen molar-refractivity contribution in [3.8, 4) is 0 Å². The Morgan fingerprint density at radius 2 is 2.06 bits per heavy atom. The molecular weight excluding hydrogens is 226 g/mol. The molecule has 0 atom stereocenters. The number of nitro groups is 1. The van der Waals surface area contributed by atoms with E-state index in [1.165, 1.54) is 18.2 Å². The van der Waals surface area contributed by atoms with Crippen LogP contribution >= 0.6 is 0 Å². The Balaban J connectivity index is 2.82. The molecular formula is C9H11N5O3. The molecule has 90 valence electrons. The summed E-state index contributed by atoms with van der Waals surface area (Å²) in [7, 11) is 0. The number of nitro benzene ring substituents is 1. The maximum absolute atomic E-state index is 10.7. The second-order valence-corrected chi connectivity index (χ2v) is 3.13. The minimum absolute atomic E-state index is 0.0457. The van der Waals surface area contributed by atoms with E-state index < -0.39 is 10.8 Å². The number of hydrogen-bond acceptors (Lipinski definition) is 5. The minimum atomic E-state index is -0.629. The van der Waals surface area contributed by atoms with Gasteiger partial charge in [0.05, 0.1) is 11.3 Å². The molecule has 5 N–H and O–H groups in total. The van der Waals surface area contributed by atoms with Gasteiger partial charge in [0.1, 0.15) is 11.5 Å². The van der Waals surface area contributed by atoms with E-state index in [1.807, 2.05) is 0 Å². The predicted octanol–water partition coefficient (Wildman–Crippen LogP) is 0.154. The molecule has 8 heteroatoms. The van der Waals surface area contributed by atoms with Gasteiger partial charge in [0, 0.05) is 6.07 Å². The molecule has 1 aromatic carbocycles. The molecule has 0 aliphatic rings. The average Bonchev–Trinajstić information content (AvgIpc) is 2.25. The molecule has 0 radical (unpaired) electrons. The number of nitrogens with one attached hydrogen (secondary N) is 1. The molecule has 0 spiro atoms. The fourth-order valence-corrected chi connectivity index (χ4v) is 1.08. The van der Waals surface area contributed by atoms with E-state index in [0.29, 0.717) is 0 Å². The van der Waals surface area contributed by atoms with Crippen molar-refractivity contribution in [2.75, 3.05) is 5.43 Å². The first kappa shape index (κ1) is 12.4. The van der Waals surface area contributed by atoms with Gasteiger partial charge < -0.3 is 11.5 Å². The molecule has 1 rings (SSSR count). The maximum atomic E-state index is 10.7. The Labute approximate surface area is 96.4 Å². The first-order valence-corrected chi connectivity index (χ1v) is 4.60.